The molecule has 0 aromatic carbocycles. The fourth-order valence-corrected chi connectivity index (χ4v) is 2.97. The van der Waals surface area contributed by atoms with E-state index in [4.69, 9.17) is 0 Å². The van der Waals surface area contributed by atoms with Crippen molar-refractivity contribution in [2.45, 2.75) is 73.6 Å². The van der Waals surface area contributed by atoms with Gasteiger partial charge < -0.3 is 0 Å². The Labute approximate surface area is 123 Å². The van der Waals surface area contributed by atoms with Gasteiger partial charge in [0.15, 0.2) is 0 Å². The highest BCUT2D eigenvalue weighted by molar-refractivity contribution is 7.42. The Morgan fingerprint density at radius 1 is 1.05 bits per heavy atom. The average Bonchev–Trinajstić information content (AvgIpc) is 2.40. The maximum Gasteiger partial charge on any atom is -0.0234 e. The highest BCUT2D eigenvalue weighted by atomic mass is 31.1. The Kier molecular flexibility index (Phi) is 11.7. The summed E-state index contributed by atoms with van der Waals surface area (Å²) in [5.74, 6) is 1.55. The Bertz CT molecular complexity index is 275. The van der Waals surface area contributed by atoms with E-state index in [1.807, 2.05) is 0 Å². The maximum atomic E-state index is 2.48. The molecule has 0 aliphatic carbocycles. The predicted molar refractivity (Wildman–Crippen MR) is 93.5 cm³/mol. The van der Waals surface area contributed by atoms with Crippen LogP contribution in [0.15, 0.2) is 23.0 Å². The van der Waals surface area contributed by atoms with Crippen LogP contribution < -0.4 is 0 Å². The van der Waals surface area contributed by atoms with Crippen LogP contribution in [0, 0.1) is 11.8 Å². The van der Waals surface area contributed by atoms with Crippen molar-refractivity contribution in [3.63, 3.8) is 0 Å². The number of unbranched alkanes of at least 4 members (excludes halogenated alkanes) is 1. The zero-order chi connectivity index (χ0) is 14.7. The molecule has 3 atom stereocenters. The minimum Gasteiger partial charge on any atom is -0.0958 e. The van der Waals surface area contributed by atoms with Crippen molar-refractivity contribution in [1.82, 2.24) is 0 Å². The molecule has 0 heterocycles. The van der Waals surface area contributed by atoms with Gasteiger partial charge in [0.25, 0.3) is 0 Å². The molecule has 19 heavy (non-hydrogen) atoms. The molecule has 0 radical (unpaired) electrons. The van der Waals surface area contributed by atoms with E-state index in [0.717, 1.165) is 20.4 Å². The molecule has 0 saturated carbocycles. The lowest BCUT2D eigenvalue weighted by Crippen LogP contribution is -1.98. The van der Waals surface area contributed by atoms with E-state index in [1.54, 1.807) is 10.9 Å². The molecule has 0 aromatic rings. The highest BCUT2D eigenvalue weighted by Crippen LogP contribution is 2.24. The van der Waals surface area contributed by atoms with E-state index >= 15 is 0 Å². The fraction of sp³-hybridized carbons (Fsp3) is 0.778. The smallest absolute Gasteiger partial charge is 0.0234 e. The molecule has 0 spiro atoms. The van der Waals surface area contributed by atoms with Crippen LogP contribution in [0.5, 0.6) is 0 Å². The Morgan fingerprint density at radius 2 is 1.68 bits per heavy atom. The van der Waals surface area contributed by atoms with E-state index in [2.05, 4.69) is 53.7 Å². The third-order valence-corrected chi connectivity index (χ3v) is 5.01. The summed E-state index contributed by atoms with van der Waals surface area (Å²) in [5, 5.41) is 1.59. The number of allylic oxidation sites excluding steroid dienone is 4. The molecule has 0 aliphatic rings. The summed E-state index contributed by atoms with van der Waals surface area (Å²) >= 11 is 0. The first-order valence-corrected chi connectivity index (χ1v) is 9.29. The summed E-state index contributed by atoms with van der Waals surface area (Å²) in [6.07, 6.45) is 12.7. The van der Waals surface area contributed by atoms with Gasteiger partial charge in [-0.25, -0.2) is 0 Å². The van der Waals surface area contributed by atoms with Crippen LogP contribution in [0.25, 0.3) is 0 Å². The van der Waals surface area contributed by atoms with Gasteiger partial charge in [-0.05, 0) is 51.1 Å². The molecule has 0 nitrogen and oxygen atoms in total. The van der Waals surface area contributed by atoms with Crippen LogP contribution in [-0.2, 0) is 0 Å². The quantitative estimate of drug-likeness (QED) is 0.306. The van der Waals surface area contributed by atoms with Gasteiger partial charge in [-0.1, -0.05) is 72.2 Å². The molecule has 3 unspecified atom stereocenters. The molecule has 1 heteroatoms. The van der Waals surface area contributed by atoms with Crippen molar-refractivity contribution in [3.8, 4) is 0 Å². The van der Waals surface area contributed by atoms with Gasteiger partial charge in [0.1, 0.15) is 0 Å². The Morgan fingerprint density at radius 3 is 2.26 bits per heavy atom. The van der Waals surface area contributed by atoms with Crippen molar-refractivity contribution in [2.24, 2.45) is 11.8 Å². The van der Waals surface area contributed by atoms with E-state index in [9.17, 15) is 0 Å². The van der Waals surface area contributed by atoms with Crippen molar-refractivity contribution in [1.29, 1.82) is 0 Å². The molecule has 0 N–H and O–H groups in total. The van der Waals surface area contributed by atoms with Crippen LogP contribution in [0.3, 0.4) is 0 Å². The van der Waals surface area contributed by atoms with Gasteiger partial charge in [0.2, 0.25) is 0 Å². The lowest BCUT2D eigenvalue weighted by Gasteiger charge is -2.13. The standard InChI is InChI=1S/C18H35P/c1-7-9-10-16(4)17(5)13-11-15(3)12-14-18(6)19-8-2/h13-16,19H,7-12H2,1-6H3/b17-13+,18-14-. The number of rotatable bonds is 10. The van der Waals surface area contributed by atoms with E-state index in [-0.39, 0.29) is 0 Å². The molecular formula is C18H35P. The van der Waals surface area contributed by atoms with E-state index in [0.29, 0.717) is 0 Å². The molecule has 112 valence electrons. The highest BCUT2D eigenvalue weighted by Gasteiger charge is 2.04. The first-order chi connectivity index (χ1) is 9.01. The summed E-state index contributed by atoms with van der Waals surface area (Å²) in [6.45, 7) is 13.9. The molecule has 0 saturated heterocycles. The van der Waals surface area contributed by atoms with Crippen LogP contribution in [0.4, 0.5) is 0 Å². The topological polar surface area (TPSA) is 0 Å². The van der Waals surface area contributed by atoms with Gasteiger partial charge >= 0.3 is 0 Å². The van der Waals surface area contributed by atoms with Crippen molar-refractivity contribution in [2.75, 3.05) is 6.16 Å². The Balaban J connectivity index is 4.05. The second kappa shape index (κ2) is 11.7. The van der Waals surface area contributed by atoms with Crippen molar-refractivity contribution < 1.29 is 0 Å². The summed E-state index contributed by atoms with van der Waals surface area (Å²) in [4.78, 5) is 0. The summed E-state index contributed by atoms with van der Waals surface area (Å²) in [7, 11) is 1.03. The molecular weight excluding hydrogens is 247 g/mol. The number of hydrogen-bond acceptors (Lipinski definition) is 0. The molecule has 0 bridgehead atoms. The normalized spacial score (nSPS) is 17.2. The van der Waals surface area contributed by atoms with Crippen LogP contribution >= 0.6 is 8.58 Å². The average molecular weight is 282 g/mol. The Hall–Kier alpha value is -0.0900. The summed E-state index contributed by atoms with van der Waals surface area (Å²) in [5.41, 5.74) is 1.59. The molecule has 0 amide bonds. The van der Waals surface area contributed by atoms with Crippen LogP contribution in [0.2, 0.25) is 0 Å². The lowest BCUT2D eigenvalue weighted by atomic mass is 9.93. The van der Waals surface area contributed by atoms with Crippen molar-refractivity contribution in [3.05, 3.63) is 23.0 Å². The van der Waals surface area contributed by atoms with Gasteiger partial charge in [-0.2, -0.15) is 0 Å². The van der Waals surface area contributed by atoms with Gasteiger partial charge in [0.05, 0.1) is 0 Å². The minimum absolute atomic E-state index is 0.769. The van der Waals surface area contributed by atoms with Gasteiger partial charge in [0, 0.05) is 0 Å². The SMILES string of the molecule is CCCCC(C)/C(C)=C/CC(C)C/C=C(/C)PCC. The van der Waals surface area contributed by atoms with Crippen LogP contribution in [-0.4, -0.2) is 6.16 Å². The first-order valence-electron chi connectivity index (χ1n) is 8.08. The molecule has 0 rings (SSSR count). The largest absolute Gasteiger partial charge is 0.0958 e. The zero-order valence-electron chi connectivity index (χ0n) is 14.1. The van der Waals surface area contributed by atoms with Gasteiger partial charge in [-0.15, -0.1) is 0 Å². The molecule has 0 aromatic heterocycles. The second-order valence-corrected chi connectivity index (χ2v) is 7.83. The summed E-state index contributed by atoms with van der Waals surface area (Å²) in [6, 6.07) is 0. The third-order valence-electron chi connectivity index (χ3n) is 3.89. The first kappa shape index (κ1) is 18.9. The fourth-order valence-electron chi connectivity index (χ4n) is 2.15. The van der Waals surface area contributed by atoms with Gasteiger partial charge in [-0.3, -0.25) is 0 Å². The lowest BCUT2D eigenvalue weighted by molar-refractivity contribution is 0.557. The molecule has 0 aliphatic heterocycles. The van der Waals surface area contributed by atoms with E-state index in [1.165, 1.54) is 38.3 Å². The summed E-state index contributed by atoms with van der Waals surface area (Å²) < 4.78 is 0. The maximum absolute atomic E-state index is 2.48. The van der Waals surface area contributed by atoms with E-state index < -0.39 is 0 Å². The minimum atomic E-state index is 0.769. The van der Waals surface area contributed by atoms with Crippen LogP contribution in [0.1, 0.15) is 73.6 Å². The molecule has 0 fully saturated rings. The van der Waals surface area contributed by atoms with Crippen molar-refractivity contribution >= 4 is 8.58 Å². The third kappa shape index (κ3) is 10.4. The number of hydrogen-bond donors (Lipinski definition) is 0. The monoisotopic (exact) mass is 282 g/mol. The predicted octanol–water partition coefficient (Wildman–Crippen LogP) is 6.78. The second-order valence-electron chi connectivity index (χ2n) is 5.99. The zero-order valence-corrected chi connectivity index (χ0v) is 15.1.